The second-order valence-corrected chi connectivity index (χ2v) is 5.80. The van der Waals surface area contributed by atoms with E-state index in [9.17, 15) is 10.1 Å². The number of nitro benzene ring substituents is 1. The van der Waals surface area contributed by atoms with Gasteiger partial charge in [-0.3, -0.25) is 10.1 Å². The predicted molar refractivity (Wildman–Crippen MR) is 85.0 cm³/mol. The van der Waals surface area contributed by atoms with Crippen LogP contribution < -0.4 is 10.1 Å². The highest BCUT2D eigenvalue weighted by atomic mass is 32.2. The Morgan fingerprint density at radius 3 is 2.80 bits per heavy atom. The first kappa shape index (κ1) is 16.6. The van der Waals surface area contributed by atoms with E-state index < -0.39 is 4.92 Å². The normalized spacial score (nSPS) is 11.9. The van der Waals surface area contributed by atoms with Gasteiger partial charge in [-0.05, 0) is 37.8 Å². The molecule has 0 saturated heterocycles. The molecule has 1 atom stereocenters. The molecule has 112 valence electrons. The summed E-state index contributed by atoms with van der Waals surface area (Å²) in [7, 11) is 0. The van der Waals surface area contributed by atoms with Crippen molar-refractivity contribution in [2.75, 3.05) is 23.4 Å². The van der Waals surface area contributed by atoms with Crippen molar-refractivity contribution < 1.29 is 9.66 Å². The van der Waals surface area contributed by atoms with E-state index in [4.69, 9.17) is 4.74 Å². The van der Waals surface area contributed by atoms with Crippen molar-refractivity contribution in [3.63, 3.8) is 0 Å². The molecule has 5 nitrogen and oxygen atoms in total. The molecule has 0 aromatic heterocycles. The third-order valence-electron chi connectivity index (χ3n) is 2.77. The van der Waals surface area contributed by atoms with Gasteiger partial charge in [-0.2, -0.15) is 11.8 Å². The van der Waals surface area contributed by atoms with Gasteiger partial charge in [0.1, 0.15) is 0 Å². The highest BCUT2D eigenvalue weighted by Gasteiger charge is 2.15. The van der Waals surface area contributed by atoms with Gasteiger partial charge < -0.3 is 10.1 Å². The number of hydrogen-bond acceptors (Lipinski definition) is 5. The Hall–Kier alpha value is -1.43. The first-order chi connectivity index (χ1) is 9.58. The minimum atomic E-state index is -0.421. The summed E-state index contributed by atoms with van der Waals surface area (Å²) in [5.74, 6) is 2.55. The first-order valence-electron chi connectivity index (χ1n) is 6.84. The predicted octanol–water partition coefficient (Wildman–Crippen LogP) is 3.94. The fraction of sp³-hybridized carbons (Fsp3) is 0.571. The summed E-state index contributed by atoms with van der Waals surface area (Å²) < 4.78 is 5.33. The Balaban J connectivity index is 2.71. The van der Waals surface area contributed by atoms with Crippen LogP contribution in [0.4, 0.5) is 11.4 Å². The molecule has 0 heterocycles. The number of benzene rings is 1. The standard InChI is InChI=1S/C14H22N2O3S/c1-4-19-14-10-12(6-7-13(14)16(17)18)15-11(3)8-9-20-5-2/h6-7,10-11,15H,4-5,8-9H2,1-3H3. The monoisotopic (exact) mass is 298 g/mol. The van der Waals surface area contributed by atoms with Crippen molar-refractivity contribution in [3.8, 4) is 5.75 Å². The molecule has 0 aliphatic carbocycles. The van der Waals surface area contributed by atoms with Crippen LogP contribution >= 0.6 is 11.8 Å². The van der Waals surface area contributed by atoms with E-state index in [0.29, 0.717) is 18.4 Å². The Morgan fingerprint density at radius 1 is 1.45 bits per heavy atom. The van der Waals surface area contributed by atoms with Gasteiger partial charge in [0.05, 0.1) is 11.5 Å². The molecule has 20 heavy (non-hydrogen) atoms. The van der Waals surface area contributed by atoms with E-state index in [1.54, 1.807) is 12.1 Å². The fourth-order valence-corrected chi connectivity index (χ4v) is 2.60. The van der Waals surface area contributed by atoms with Crippen LogP contribution in [0.15, 0.2) is 18.2 Å². The van der Waals surface area contributed by atoms with Crippen LogP contribution in [0.25, 0.3) is 0 Å². The number of nitro groups is 1. The van der Waals surface area contributed by atoms with Crippen molar-refractivity contribution in [1.82, 2.24) is 0 Å². The second kappa shape index (κ2) is 8.68. The van der Waals surface area contributed by atoms with E-state index in [1.807, 2.05) is 18.7 Å². The smallest absolute Gasteiger partial charge is 0.311 e. The maximum Gasteiger partial charge on any atom is 0.311 e. The Labute approximate surface area is 124 Å². The van der Waals surface area contributed by atoms with Crippen LogP contribution in [-0.2, 0) is 0 Å². The van der Waals surface area contributed by atoms with Crippen molar-refractivity contribution in [3.05, 3.63) is 28.3 Å². The average molecular weight is 298 g/mol. The SMILES string of the molecule is CCOc1cc(NC(C)CCSCC)ccc1[N+](=O)[O-]. The maximum absolute atomic E-state index is 10.9. The number of hydrogen-bond donors (Lipinski definition) is 1. The average Bonchev–Trinajstić information content (AvgIpc) is 2.39. The van der Waals surface area contributed by atoms with E-state index in [-0.39, 0.29) is 5.69 Å². The summed E-state index contributed by atoms with van der Waals surface area (Å²) >= 11 is 1.91. The number of ether oxygens (including phenoxy) is 1. The molecule has 1 N–H and O–H groups in total. The molecule has 1 aromatic carbocycles. The Morgan fingerprint density at radius 2 is 2.20 bits per heavy atom. The Bertz CT molecular complexity index is 440. The summed E-state index contributed by atoms with van der Waals surface area (Å²) in [6.45, 7) is 6.48. The van der Waals surface area contributed by atoms with Gasteiger partial charge in [-0.1, -0.05) is 6.92 Å². The van der Waals surface area contributed by atoms with Crippen molar-refractivity contribution in [2.45, 2.75) is 33.2 Å². The van der Waals surface area contributed by atoms with Crippen LogP contribution in [0.2, 0.25) is 0 Å². The topological polar surface area (TPSA) is 64.4 Å². The molecule has 0 amide bonds. The quantitative estimate of drug-likeness (QED) is 0.425. The lowest BCUT2D eigenvalue weighted by Crippen LogP contribution is -2.16. The van der Waals surface area contributed by atoms with Crippen molar-refractivity contribution >= 4 is 23.1 Å². The molecule has 0 saturated carbocycles. The van der Waals surface area contributed by atoms with Crippen LogP contribution in [0.3, 0.4) is 0 Å². The van der Waals surface area contributed by atoms with Gasteiger partial charge in [0.25, 0.3) is 0 Å². The van der Waals surface area contributed by atoms with Gasteiger partial charge in [0.2, 0.25) is 0 Å². The summed E-state index contributed by atoms with van der Waals surface area (Å²) in [5.41, 5.74) is 0.861. The van der Waals surface area contributed by atoms with Crippen LogP contribution in [0.5, 0.6) is 5.75 Å². The van der Waals surface area contributed by atoms with Gasteiger partial charge in [0, 0.05) is 23.9 Å². The molecule has 0 bridgehead atoms. The molecule has 0 fully saturated rings. The number of nitrogens with zero attached hydrogens (tertiary/aromatic N) is 1. The fourth-order valence-electron chi connectivity index (χ4n) is 1.79. The largest absolute Gasteiger partial charge is 0.487 e. The first-order valence-corrected chi connectivity index (χ1v) is 7.99. The van der Waals surface area contributed by atoms with Gasteiger partial charge in [-0.15, -0.1) is 0 Å². The lowest BCUT2D eigenvalue weighted by molar-refractivity contribution is -0.385. The molecular weight excluding hydrogens is 276 g/mol. The molecule has 0 spiro atoms. The lowest BCUT2D eigenvalue weighted by Gasteiger charge is -2.15. The van der Waals surface area contributed by atoms with Gasteiger partial charge in [-0.25, -0.2) is 0 Å². The highest BCUT2D eigenvalue weighted by molar-refractivity contribution is 7.99. The van der Waals surface area contributed by atoms with Crippen molar-refractivity contribution in [1.29, 1.82) is 0 Å². The van der Waals surface area contributed by atoms with Crippen LogP contribution in [-0.4, -0.2) is 29.1 Å². The zero-order valence-electron chi connectivity index (χ0n) is 12.2. The molecule has 1 rings (SSSR count). The molecule has 0 radical (unpaired) electrons. The zero-order chi connectivity index (χ0) is 15.0. The zero-order valence-corrected chi connectivity index (χ0v) is 13.0. The number of nitrogens with one attached hydrogen (secondary N) is 1. The van der Waals surface area contributed by atoms with E-state index >= 15 is 0 Å². The minimum Gasteiger partial charge on any atom is -0.487 e. The van der Waals surface area contributed by atoms with Crippen molar-refractivity contribution in [2.24, 2.45) is 0 Å². The molecule has 1 aromatic rings. The van der Waals surface area contributed by atoms with Crippen LogP contribution in [0.1, 0.15) is 27.2 Å². The number of anilines is 1. The van der Waals surface area contributed by atoms with Gasteiger partial charge >= 0.3 is 5.69 Å². The van der Waals surface area contributed by atoms with E-state index in [0.717, 1.165) is 23.6 Å². The summed E-state index contributed by atoms with van der Waals surface area (Å²) in [5, 5.41) is 14.3. The van der Waals surface area contributed by atoms with E-state index in [2.05, 4.69) is 19.2 Å². The summed E-state index contributed by atoms with van der Waals surface area (Å²) in [6.07, 6.45) is 1.06. The second-order valence-electron chi connectivity index (χ2n) is 4.40. The third-order valence-corrected chi connectivity index (χ3v) is 3.70. The van der Waals surface area contributed by atoms with Crippen LogP contribution in [0, 0.1) is 10.1 Å². The summed E-state index contributed by atoms with van der Waals surface area (Å²) in [6, 6.07) is 5.24. The third kappa shape index (κ3) is 5.28. The molecule has 0 aliphatic rings. The van der Waals surface area contributed by atoms with E-state index in [1.165, 1.54) is 6.07 Å². The minimum absolute atomic E-state index is 0.00610. The molecule has 6 heteroatoms. The summed E-state index contributed by atoms with van der Waals surface area (Å²) in [4.78, 5) is 10.5. The highest BCUT2D eigenvalue weighted by Crippen LogP contribution is 2.30. The van der Waals surface area contributed by atoms with Gasteiger partial charge in [0.15, 0.2) is 5.75 Å². The number of rotatable bonds is 9. The Kier molecular flexibility index (Phi) is 7.22. The maximum atomic E-state index is 10.9. The lowest BCUT2D eigenvalue weighted by atomic mass is 10.2. The molecular formula is C14H22N2O3S. The number of thioether (sulfide) groups is 1. The molecule has 0 aliphatic heterocycles. The molecule has 1 unspecified atom stereocenters.